The molecule has 34 heavy (non-hydrogen) atoms. The van der Waals surface area contributed by atoms with Gasteiger partial charge in [0.05, 0.1) is 0 Å². The van der Waals surface area contributed by atoms with E-state index in [4.69, 9.17) is 4.74 Å². The monoisotopic (exact) mass is 458 g/mol. The lowest BCUT2D eigenvalue weighted by Crippen LogP contribution is -2.61. The van der Waals surface area contributed by atoms with Gasteiger partial charge in [-0.1, -0.05) is 48.5 Å². The molecule has 8 heteroatoms. The zero-order chi connectivity index (χ0) is 24.1. The van der Waals surface area contributed by atoms with E-state index in [1.165, 1.54) is 12.1 Å². The molecule has 0 saturated heterocycles. The Morgan fingerprint density at radius 2 is 1.53 bits per heavy atom. The van der Waals surface area contributed by atoms with Gasteiger partial charge in [-0.15, -0.1) is 0 Å². The van der Waals surface area contributed by atoms with E-state index in [0.717, 1.165) is 5.56 Å². The average molecular weight is 458 g/mol. The highest BCUT2D eigenvalue weighted by molar-refractivity contribution is 6.09. The number of nitrogens with one attached hydrogen (secondary N) is 2. The van der Waals surface area contributed by atoms with Crippen molar-refractivity contribution in [3.05, 3.63) is 102 Å². The van der Waals surface area contributed by atoms with Crippen molar-refractivity contribution in [3.63, 3.8) is 0 Å². The minimum atomic E-state index is -2.55. The molecule has 1 amide bonds. The van der Waals surface area contributed by atoms with Gasteiger partial charge in [-0.2, -0.15) is 0 Å². The van der Waals surface area contributed by atoms with Crippen molar-refractivity contribution < 1.29 is 29.3 Å². The predicted octanol–water partition coefficient (Wildman–Crippen LogP) is 3.63. The molecule has 4 aromatic rings. The maximum atomic E-state index is 12.6. The van der Waals surface area contributed by atoms with Crippen molar-refractivity contribution in [2.45, 2.75) is 18.6 Å². The summed E-state index contributed by atoms with van der Waals surface area (Å²) in [5, 5.41) is 22.6. The molecule has 4 rings (SSSR count). The van der Waals surface area contributed by atoms with Gasteiger partial charge in [0, 0.05) is 35.2 Å². The number of amides is 1. The first-order chi connectivity index (χ1) is 16.4. The van der Waals surface area contributed by atoms with Crippen LogP contribution in [0.4, 0.5) is 0 Å². The quantitative estimate of drug-likeness (QED) is 0.284. The molecule has 0 atom stereocenters. The molecule has 172 valence electrons. The fourth-order valence-electron chi connectivity index (χ4n) is 3.68. The highest BCUT2D eigenvalue weighted by Gasteiger charge is 2.48. The van der Waals surface area contributed by atoms with Crippen molar-refractivity contribution >= 4 is 28.7 Å². The van der Waals surface area contributed by atoms with Crippen molar-refractivity contribution in [2.75, 3.05) is 0 Å². The van der Waals surface area contributed by atoms with E-state index < -0.39 is 29.8 Å². The second-order valence-electron chi connectivity index (χ2n) is 7.81. The number of benzene rings is 3. The molecule has 0 aliphatic heterocycles. The lowest BCUT2D eigenvalue weighted by atomic mass is 9.90. The largest absolute Gasteiger partial charge is 0.489 e. The van der Waals surface area contributed by atoms with Crippen LogP contribution in [0.5, 0.6) is 5.75 Å². The SMILES string of the molecule is O=C(NC(Cc1c[nH]c2cc(OCc3ccccc3)ccc12)(C(=O)O)C(=O)O)c1ccccc1. The van der Waals surface area contributed by atoms with Crippen LogP contribution in [0.1, 0.15) is 21.5 Å². The minimum Gasteiger partial charge on any atom is -0.489 e. The van der Waals surface area contributed by atoms with E-state index in [-0.39, 0.29) is 5.56 Å². The Balaban J connectivity index is 1.59. The molecule has 0 radical (unpaired) electrons. The topological polar surface area (TPSA) is 129 Å². The molecule has 0 bridgehead atoms. The summed E-state index contributed by atoms with van der Waals surface area (Å²) < 4.78 is 5.82. The number of aromatic nitrogens is 1. The lowest BCUT2D eigenvalue weighted by molar-refractivity contribution is -0.158. The average Bonchev–Trinajstić information content (AvgIpc) is 3.24. The first kappa shape index (κ1) is 22.6. The number of rotatable bonds is 9. The van der Waals surface area contributed by atoms with Crippen LogP contribution in [0.2, 0.25) is 0 Å². The summed E-state index contributed by atoms with van der Waals surface area (Å²) in [5.41, 5.74) is -0.294. The van der Waals surface area contributed by atoms with Crippen molar-refractivity contribution in [2.24, 2.45) is 0 Å². The highest BCUT2D eigenvalue weighted by Crippen LogP contribution is 2.27. The van der Waals surface area contributed by atoms with Crippen LogP contribution in [0.15, 0.2) is 85.1 Å². The van der Waals surface area contributed by atoms with Crippen molar-refractivity contribution in [1.82, 2.24) is 10.3 Å². The fraction of sp³-hybridized carbons (Fsp3) is 0.115. The molecule has 3 aromatic carbocycles. The molecule has 0 unspecified atom stereocenters. The fourth-order valence-corrected chi connectivity index (χ4v) is 3.68. The maximum Gasteiger partial charge on any atom is 0.341 e. The third kappa shape index (κ3) is 4.61. The van der Waals surface area contributed by atoms with Crippen LogP contribution in [0.25, 0.3) is 10.9 Å². The van der Waals surface area contributed by atoms with Crippen LogP contribution < -0.4 is 10.1 Å². The smallest absolute Gasteiger partial charge is 0.341 e. The maximum absolute atomic E-state index is 12.6. The molecular weight excluding hydrogens is 436 g/mol. The summed E-state index contributed by atoms with van der Waals surface area (Å²) in [6.07, 6.45) is 1.08. The van der Waals surface area contributed by atoms with Crippen LogP contribution in [0.3, 0.4) is 0 Å². The summed E-state index contributed by atoms with van der Waals surface area (Å²) in [4.78, 5) is 39.9. The zero-order valence-corrected chi connectivity index (χ0v) is 18.0. The standard InChI is InChI=1S/C26H22N2O6/c29-23(18-9-5-2-6-10-18)28-26(24(30)31,25(32)33)14-19-15-27-22-13-20(11-12-21(19)22)34-16-17-7-3-1-4-8-17/h1-13,15,27H,14,16H2,(H,28,29)(H,30,31)(H,32,33). The van der Waals surface area contributed by atoms with Crippen molar-refractivity contribution in [3.8, 4) is 5.75 Å². The first-order valence-electron chi connectivity index (χ1n) is 10.5. The van der Waals surface area contributed by atoms with Gasteiger partial charge in [0.25, 0.3) is 5.91 Å². The Bertz CT molecular complexity index is 1320. The number of H-pyrrole nitrogens is 1. The number of hydrogen-bond donors (Lipinski definition) is 4. The van der Waals surface area contributed by atoms with Gasteiger partial charge < -0.3 is 25.3 Å². The predicted molar refractivity (Wildman–Crippen MR) is 125 cm³/mol. The number of hydrogen-bond acceptors (Lipinski definition) is 4. The Morgan fingerprint density at radius 1 is 0.882 bits per heavy atom. The molecule has 0 aliphatic rings. The Morgan fingerprint density at radius 3 is 2.18 bits per heavy atom. The summed E-state index contributed by atoms with van der Waals surface area (Å²) in [5.74, 6) is -3.52. The molecular formula is C26H22N2O6. The molecule has 1 heterocycles. The van der Waals surface area contributed by atoms with Gasteiger partial charge in [-0.3, -0.25) is 4.79 Å². The van der Waals surface area contributed by atoms with Gasteiger partial charge >= 0.3 is 11.9 Å². The first-order valence-corrected chi connectivity index (χ1v) is 10.5. The van der Waals surface area contributed by atoms with Gasteiger partial charge in [0.1, 0.15) is 12.4 Å². The molecule has 8 nitrogen and oxygen atoms in total. The summed E-state index contributed by atoms with van der Waals surface area (Å²) in [6.45, 7) is 0.382. The summed E-state index contributed by atoms with van der Waals surface area (Å²) in [6, 6.07) is 22.8. The second kappa shape index (κ2) is 9.50. The van der Waals surface area contributed by atoms with Crippen LogP contribution in [0, 0.1) is 0 Å². The number of carbonyl (C=O) groups excluding carboxylic acids is 1. The Labute approximate surface area is 194 Å². The third-order valence-electron chi connectivity index (χ3n) is 5.54. The van der Waals surface area contributed by atoms with E-state index in [1.54, 1.807) is 42.6 Å². The number of carbonyl (C=O) groups is 3. The minimum absolute atomic E-state index is 0.161. The van der Waals surface area contributed by atoms with Gasteiger partial charge in [-0.05, 0) is 35.4 Å². The highest BCUT2D eigenvalue weighted by atomic mass is 16.5. The number of aliphatic carboxylic acids is 2. The summed E-state index contributed by atoms with van der Waals surface area (Å²) in [7, 11) is 0. The van der Waals surface area contributed by atoms with E-state index in [1.807, 2.05) is 30.3 Å². The van der Waals surface area contributed by atoms with Crippen LogP contribution in [-0.4, -0.2) is 38.6 Å². The normalized spacial score (nSPS) is 11.2. The van der Waals surface area contributed by atoms with Gasteiger partial charge in [-0.25, -0.2) is 9.59 Å². The second-order valence-corrected chi connectivity index (χ2v) is 7.81. The van der Waals surface area contributed by atoms with Gasteiger partial charge in [0.2, 0.25) is 5.54 Å². The molecule has 4 N–H and O–H groups in total. The molecule has 0 fully saturated rings. The molecule has 0 saturated carbocycles. The van der Waals surface area contributed by atoms with Crippen molar-refractivity contribution in [1.29, 1.82) is 0 Å². The molecule has 0 spiro atoms. The summed E-state index contributed by atoms with van der Waals surface area (Å²) >= 11 is 0. The molecule has 0 aliphatic carbocycles. The number of ether oxygens (including phenoxy) is 1. The van der Waals surface area contributed by atoms with Crippen LogP contribution in [-0.2, 0) is 22.6 Å². The van der Waals surface area contributed by atoms with E-state index in [9.17, 15) is 24.6 Å². The number of carboxylic acid groups (broad SMARTS) is 2. The Kier molecular flexibility index (Phi) is 6.31. The van der Waals surface area contributed by atoms with E-state index in [0.29, 0.717) is 28.8 Å². The van der Waals surface area contributed by atoms with Crippen LogP contribution >= 0.6 is 0 Å². The zero-order valence-electron chi connectivity index (χ0n) is 18.0. The van der Waals surface area contributed by atoms with Gasteiger partial charge in [0.15, 0.2) is 0 Å². The number of carboxylic acids is 2. The Hall–Kier alpha value is -4.59. The lowest BCUT2D eigenvalue weighted by Gasteiger charge is -2.26. The van der Waals surface area contributed by atoms with E-state index in [2.05, 4.69) is 10.3 Å². The number of aromatic amines is 1. The van der Waals surface area contributed by atoms with E-state index >= 15 is 0 Å². The number of fused-ring (bicyclic) bond motifs is 1. The molecule has 1 aromatic heterocycles. The third-order valence-corrected chi connectivity index (χ3v) is 5.54.